The van der Waals surface area contributed by atoms with E-state index in [4.69, 9.17) is 14.2 Å². The van der Waals surface area contributed by atoms with Crippen molar-refractivity contribution in [2.24, 2.45) is 0 Å². The van der Waals surface area contributed by atoms with Gasteiger partial charge in [0.25, 0.3) is 0 Å². The zero-order chi connectivity index (χ0) is 16.1. The fraction of sp³-hybridized carbons (Fsp3) is 0.938. The van der Waals surface area contributed by atoms with Crippen LogP contribution in [0.4, 0.5) is 0 Å². The van der Waals surface area contributed by atoms with Crippen LogP contribution < -0.4 is 5.32 Å². The third-order valence-electron chi connectivity index (χ3n) is 3.32. The molecule has 0 aliphatic rings. The Hall–Kier alpha value is -0.650. The van der Waals surface area contributed by atoms with Crippen LogP contribution in [0.25, 0.3) is 0 Å². The predicted octanol–water partition coefficient (Wildman–Crippen LogP) is 2.53. The van der Waals surface area contributed by atoms with Gasteiger partial charge in [0.05, 0.1) is 19.3 Å². The SMILES string of the molecule is CCNC(C)(CCCCOC(C)COCC)C(=O)OCC. The summed E-state index contributed by atoms with van der Waals surface area (Å²) in [5.41, 5.74) is -0.596. The number of nitrogens with one attached hydrogen (secondary N) is 1. The third-order valence-corrected chi connectivity index (χ3v) is 3.32. The number of unbranched alkanes of at least 4 members (excludes halogenated alkanes) is 1. The number of hydrogen-bond acceptors (Lipinski definition) is 5. The lowest BCUT2D eigenvalue weighted by Crippen LogP contribution is -2.50. The van der Waals surface area contributed by atoms with Crippen molar-refractivity contribution >= 4 is 5.97 Å². The Morgan fingerprint density at radius 3 is 2.48 bits per heavy atom. The van der Waals surface area contributed by atoms with E-state index in [2.05, 4.69) is 5.32 Å². The van der Waals surface area contributed by atoms with Gasteiger partial charge in [0.1, 0.15) is 5.54 Å². The summed E-state index contributed by atoms with van der Waals surface area (Å²) >= 11 is 0. The second-order valence-corrected chi connectivity index (χ2v) is 5.38. The first kappa shape index (κ1) is 20.3. The molecule has 0 heterocycles. The van der Waals surface area contributed by atoms with E-state index < -0.39 is 5.54 Å². The summed E-state index contributed by atoms with van der Waals surface area (Å²) in [6.07, 6.45) is 2.72. The largest absolute Gasteiger partial charge is 0.465 e. The molecule has 0 aromatic carbocycles. The fourth-order valence-corrected chi connectivity index (χ4v) is 2.14. The molecule has 5 nitrogen and oxygen atoms in total. The molecule has 126 valence electrons. The number of likely N-dealkylation sites (N-methyl/N-ethyl adjacent to an activating group) is 1. The second kappa shape index (κ2) is 12.0. The minimum absolute atomic E-state index is 0.121. The Kier molecular flexibility index (Phi) is 11.6. The highest BCUT2D eigenvalue weighted by Gasteiger charge is 2.32. The van der Waals surface area contributed by atoms with Crippen LogP contribution in [-0.2, 0) is 19.0 Å². The molecule has 0 aromatic heterocycles. The zero-order valence-corrected chi connectivity index (χ0v) is 14.4. The van der Waals surface area contributed by atoms with Crippen molar-refractivity contribution in [2.75, 3.05) is 33.0 Å². The molecule has 5 heteroatoms. The van der Waals surface area contributed by atoms with Gasteiger partial charge in [-0.15, -0.1) is 0 Å². The molecule has 0 fully saturated rings. The second-order valence-electron chi connectivity index (χ2n) is 5.38. The van der Waals surface area contributed by atoms with Gasteiger partial charge in [0.15, 0.2) is 0 Å². The Morgan fingerprint density at radius 2 is 1.90 bits per heavy atom. The summed E-state index contributed by atoms with van der Waals surface area (Å²) in [5, 5.41) is 3.24. The molecule has 0 bridgehead atoms. The number of carbonyl (C=O) groups excluding carboxylic acids is 1. The zero-order valence-electron chi connectivity index (χ0n) is 14.4. The molecule has 0 saturated heterocycles. The average molecular weight is 303 g/mol. The first-order chi connectivity index (χ1) is 10.00. The van der Waals surface area contributed by atoms with Crippen LogP contribution in [0.3, 0.4) is 0 Å². The first-order valence-electron chi connectivity index (χ1n) is 8.11. The lowest BCUT2D eigenvalue weighted by molar-refractivity contribution is -0.150. The summed E-state index contributed by atoms with van der Waals surface area (Å²) in [6, 6.07) is 0. The number of rotatable bonds is 13. The molecule has 0 rings (SSSR count). The van der Waals surface area contributed by atoms with Gasteiger partial charge in [-0.3, -0.25) is 4.79 Å². The molecule has 21 heavy (non-hydrogen) atoms. The van der Waals surface area contributed by atoms with E-state index in [0.717, 1.165) is 25.8 Å². The quantitative estimate of drug-likeness (QED) is 0.418. The number of ether oxygens (including phenoxy) is 3. The van der Waals surface area contributed by atoms with E-state index in [0.29, 0.717) is 26.4 Å². The van der Waals surface area contributed by atoms with Crippen LogP contribution in [0.5, 0.6) is 0 Å². The van der Waals surface area contributed by atoms with Gasteiger partial charge >= 0.3 is 5.97 Å². The standard InChI is InChI=1S/C16H33NO4/c1-6-17-16(5,15(18)20-8-3)11-9-10-12-21-14(4)13-19-7-2/h14,17H,6-13H2,1-5H3. The maximum absolute atomic E-state index is 12.0. The highest BCUT2D eigenvalue weighted by molar-refractivity contribution is 5.80. The van der Waals surface area contributed by atoms with Crippen molar-refractivity contribution in [3.8, 4) is 0 Å². The van der Waals surface area contributed by atoms with Crippen LogP contribution in [0.1, 0.15) is 53.9 Å². The highest BCUT2D eigenvalue weighted by Crippen LogP contribution is 2.16. The molecular formula is C16H33NO4. The van der Waals surface area contributed by atoms with Gasteiger partial charge in [-0.2, -0.15) is 0 Å². The Morgan fingerprint density at radius 1 is 1.19 bits per heavy atom. The normalized spacial score (nSPS) is 15.5. The van der Waals surface area contributed by atoms with Crippen molar-refractivity contribution in [2.45, 2.75) is 65.5 Å². The smallest absolute Gasteiger partial charge is 0.326 e. The average Bonchev–Trinajstić information content (AvgIpc) is 2.45. The molecule has 0 aliphatic carbocycles. The van der Waals surface area contributed by atoms with E-state index in [1.165, 1.54) is 0 Å². The number of carbonyl (C=O) groups is 1. The van der Waals surface area contributed by atoms with Crippen molar-refractivity contribution in [1.29, 1.82) is 0 Å². The van der Waals surface area contributed by atoms with E-state index >= 15 is 0 Å². The van der Waals surface area contributed by atoms with Crippen LogP contribution in [-0.4, -0.2) is 50.6 Å². The maximum atomic E-state index is 12.0. The van der Waals surface area contributed by atoms with E-state index in [1.54, 1.807) is 0 Å². The van der Waals surface area contributed by atoms with Crippen molar-refractivity contribution in [3.63, 3.8) is 0 Å². The first-order valence-corrected chi connectivity index (χ1v) is 8.11. The summed E-state index contributed by atoms with van der Waals surface area (Å²) in [7, 11) is 0. The molecule has 1 N–H and O–H groups in total. The van der Waals surface area contributed by atoms with Crippen molar-refractivity contribution in [1.82, 2.24) is 5.32 Å². The van der Waals surface area contributed by atoms with Crippen molar-refractivity contribution in [3.05, 3.63) is 0 Å². The third kappa shape index (κ3) is 9.06. The van der Waals surface area contributed by atoms with Gasteiger partial charge < -0.3 is 19.5 Å². The highest BCUT2D eigenvalue weighted by atomic mass is 16.5. The van der Waals surface area contributed by atoms with Crippen LogP contribution in [0.15, 0.2) is 0 Å². The van der Waals surface area contributed by atoms with Gasteiger partial charge in [-0.25, -0.2) is 0 Å². The van der Waals surface area contributed by atoms with Gasteiger partial charge in [0, 0.05) is 13.2 Å². The molecule has 2 atom stereocenters. The Balaban J connectivity index is 3.96. The van der Waals surface area contributed by atoms with Gasteiger partial charge in [-0.05, 0) is 53.5 Å². The molecule has 0 saturated carbocycles. The molecule has 0 radical (unpaired) electrons. The topological polar surface area (TPSA) is 56.8 Å². The predicted molar refractivity (Wildman–Crippen MR) is 84.5 cm³/mol. The Bertz CT molecular complexity index is 273. The molecule has 0 aliphatic heterocycles. The summed E-state index contributed by atoms with van der Waals surface area (Å²) in [4.78, 5) is 12.0. The monoisotopic (exact) mass is 303 g/mol. The maximum Gasteiger partial charge on any atom is 0.326 e. The number of esters is 1. The summed E-state index contributed by atoms with van der Waals surface area (Å²) in [5.74, 6) is -0.169. The fourth-order valence-electron chi connectivity index (χ4n) is 2.14. The lowest BCUT2D eigenvalue weighted by atomic mass is 9.95. The molecule has 0 amide bonds. The molecule has 0 aromatic rings. The Labute approximate surface area is 129 Å². The molecule has 0 spiro atoms. The van der Waals surface area contributed by atoms with Crippen LogP contribution >= 0.6 is 0 Å². The molecular weight excluding hydrogens is 270 g/mol. The minimum Gasteiger partial charge on any atom is -0.465 e. The minimum atomic E-state index is -0.596. The van der Waals surface area contributed by atoms with Crippen LogP contribution in [0.2, 0.25) is 0 Å². The van der Waals surface area contributed by atoms with E-state index in [1.807, 2.05) is 34.6 Å². The summed E-state index contributed by atoms with van der Waals surface area (Å²) in [6.45, 7) is 12.9. The lowest BCUT2D eigenvalue weighted by Gasteiger charge is -2.28. The van der Waals surface area contributed by atoms with E-state index in [9.17, 15) is 4.79 Å². The molecule has 2 unspecified atom stereocenters. The van der Waals surface area contributed by atoms with E-state index in [-0.39, 0.29) is 12.1 Å². The summed E-state index contributed by atoms with van der Waals surface area (Å²) < 4.78 is 16.1. The van der Waals surface area contributed by atoms with Gasteiger partial charge in [0.2, 0.25) is 0 Å². The van der Waals surface area contributed by atoms with Crippen LogP contribution in [0, 0.1) is 0 Å². The van der Waals surface area contributed by atoms with Gasteiger partial charge in [-0.1, -0.05) is 6.92 Å². The van der Waals surface area contributed by atoms with Crippen molar-refractivity contribution < 1.29 is 19.0 Å². The number of hydrogen-bond donors (Lipinski definition) is 1.